The average Bonchev–Trinajstić information content (AvgIpc) is 2.40. The number of aliphatic hydroxyl groups excluding tert-OH is 1. The average molecular weight is 304 g/mol. The van der Waals surface area contributed by atoms with Crippen molar-refractivity contribution in [2.75, 3.05) is 6.61 Å². The number of hydrogen-bond donors (Lipinski definition) is 3. The smallest absolute Gasteiger partial charge is 0.335 e. The van der Waals surface area contributed by atoms with Crippen LogP contribution in [0.4, 0.5) is 4.79 Å². The summed E-state index contributed by atoms with van der Waals surface area (Å²) in [7, 11) is 0. The van der Waals surface area contributed by atoms with Crippen LogP contribution in [0.3, 0.4) is 0 Å². The quantitative estimate of drug-likeness (QED) is 0.577. The summed E-state index contributed by atoms with van der Waals surface area (Å²) in [5, 5.41) is 16.1. The van der Waals surface area contributed by atoms with Crippen molar-refractivity contribution in [3.8, 4) is 0 Å². The number of halogens is 2. The van der Waals surface area contributed by atoms with Crippen LogP contribution in [0.25, 0.3) is 0 Å². The summed E-state index contributed by atoms with van der Waals surface area (Å²) in [5.41, 5.74) is 3.01. The number of amides is 2. The topological polar surface area (TPSA) is 73.7 Å². The number of urea groups is 1. The normalized spacial score (nSPS) is 12.4. The standard InChI is InChI=1S/C12H15Cl2N3O2/c1-2-9(7-18)16-12(19)17-15-6-8-3-4-10(13)11(14)5-8/h3-6,9,18H,2,7H2,1H3,(H2,16,17,19)/b15-6-/t9-/m0/s1. The van der Waals surface area contributed by atoms with E-state index >= 15 is 0 Å². The van der Waals surface area contributed by atoms with E-state index in [4.69, 9.17) is 28.3 Å². The molecule has 1 atom stereocenters. The van der Waals surface area contributed by atoms with Crippen molar-refractivity contribution >= 4 is 35.4 Å². The largest absolute Gasteiger partial charge is 0.394 e. The molecule has 7 heteroatoms. The Morgan fingerprint density at radius 3 is 2.79 bits per heavy atom. The summed E-state index contributed by atoms with van der Waals surface area (Å²) in [6, 6.07) is 4.25. The van der Waals surface area contributed by atoms with E-state index in [1.807, 2.05) is 6.92 Å². The van der Waals surface area contributed by atoms with Crippen molar-refractivity contribution < 1.29 is 9.90 Å². The number of carbonyl (C=O) groups excluding carboxylic acids is 1. The van der Waals surface area contributed by atoms with Crippen LogP contribution in [0.2, 0.25) is 10.0 Å². The second-order valence-corrected chi connectivity index (χ2v) is 4.62. The minimum atomic E-state index is -0.475. The first kappa shape index (κ1) is 15.8. The highest BCUT2D eigenvalue weighted by molar-refractivity contribution is 6.42. The third-order valence-corrected chi connectivity index (χ3v) is 3.11. The summed E-state index contributed by atoms with van der Waals surface area (Å²) in [5.74, 6) is 0. The molecule has 0 saturated heterocycles. The Bertz CT molecular complexity index is 462. The molecule has 1 aromatic carbocycles. The Balaban J connectivity index is 2.49. The minimum Gasteiger partial charge on any atom is -0.394 e. The van der Waals surface area contributed by atoms with Crippen LogP contribution in [-0.2, 0) is 0 Å². The molecule has 1 rings (SSSR count). The van der Waals surface area contributed by atoms with Crippen LogP contribution in [-0.4, -0.2) is 30.0 Å². The first-order chi connectivity index (χ1) is 9.06. The SMILES string of the molecule is CC[C@@H](CO)NC(=O)N/N=C\c1ccc(Cl)c(Cl)c1. The van der Waals surface area contributed by atoms with Gasteiger partial charge in [-0.1, -0.05) is 36.2 Å². The molecule has 0 aliphatic rings. The lowest BCUT2D eigenvalue weighted by molar-refractivity contribution is 0.215. The number of hydrogen-bond acceptors (Lipinski definition) is 3. The molecule has 104 valence electrons. The van der Waals surface area contributed by atoms with Crippen molar-refractivity contribution in [2.24, 2.45) is 5.10 Å². The molecule has 0 heterocycles. The summed E-state index contributed by atoms with van der Waals surface area (Å²) < 4.78 is 0. The molecule has 0 fully saturated rings. The third kappa shape index (κ3) is 5.46. The monoisotopic (exact) mass is 303 g/mol. The molecule has 0 unspecified atom stereocenters. The van der Waals surface area contributed by atoms with Gasteiger partial charge in [-0.15, -0.1) is 0 Å². The molecule has 2 amide bonds. The summed E-state index contributed by atoms with van der Waals surface area (Å²) in [4.78, 5) is 11.4. The van der Waals surface area contributed by atoms with E-state index in [0.717, 1.165) is 0 Å². The van der Waals surface area contributed by atoms with Crippen LogP contribution < -0.4 is 10.7 Å². The maximum atomic E-state index is 11.4. The predicted octanol–water partition coefficient (Wildman–Crippen LogP) is 2.40. The molecular weight excluding hydrogens is 289 g/mol. The van der Waals surface area contributed by atoms with Crippen molar-refractivity contribution in [2.45, 2.75) is 19.4 Å². The fourth-order valence-electron chi connectivity index (χ4n) is 1.25. The summed E-state index contributed by atoms with van der Waals surface area (Å²) in [6.07, 6.45) is 2.09. The van der Waals surface area contributed by atoms with Crippen LogP contribution in [0.15, 0.2) is 23.3 Å². The van der Waals surface area contributed by atoms with E-state index in [9.17, 15) is 4.79 Å². The second-order valence-electron chi connectivity index (χ2n) is 3.80. The highest BCUT2D eigenvalue weighted by atomic mass is 35.5. The van der Waals surface area contributed by atoms with Gasteiger partial charge in [0.05, 0.1) is 28.9 Å². The van der Waals surface area contributed by atoms with Gasteiger partial charge in [0.1, 0.15) is 0 Å². The first-order valence-corrected chi connectivity index (χ1v) is 6.48. The van der Waals surface area contributed by atoms with E-state index in [2.05, 4.69) is 15.8 Å². The number of hydrazone groups is 1. The maximum absolute atomic E-state index is 11.4. The highest BCUT2D eigenvalue weighted by Gasteiger charge is 2.07. The Labute approximate surface area is 121 Å². The van der Waals surface area contributed by atoms with Gasteiger partial charge in [-0.2, -0.15) is 5.10 Å². The molecule has 0 radical (unpaired) electrons. The Kier molecular flexibility index (Phi) is 6.62. The maximum Gasteiger partial charge on any atom is 0.335 e. The van der Waals surface area contributed by atoms with Crippen molar-refractivity contribution in [1.82, 2.24) is 10.7 Å². The van der Waals surface area contributed by atoms with Gasteiger partial charge in [0, 0.05) is 0 Å². The molecule has 5 nitrogen and oxygen atoms in total. The summed E-state index contributed by atoms with van der Waals surface area (Å²) >= 11 is 11.6. The third-order valence-electron chi connectivity index (χ3n) is 2.37. The Morgan fingerprint density at radius 2 is 2.21 bits per heavy atom. The molecule has 0 aliphatic heterocycles. The van der Waals surface area contributed by atoms with Crippen LogP contribution >= 0.6 is 23.2 Å². The molecule has 0 saturated carbocycles. The molecule has 19 heavy (non-hydrogen) atoms. The molecule has 0 bridgehead atoms. The zero-order chi connectivity index (χ0) is 14.3. The van der Waals surface area contributed by atoms with E-state index in [1.165, 1.54) is 6.21 Å². The van der Waals surface area contributed by atoms with Gasteiger partial charge in [0.15, 0.2) is 0 Å². The zero-order valence-corrected chi connectivity index (χ0v) is 11.9. The number of aliphatic hydroxyl groups is 1. The zero-order valence-electron chi connectivity index (χ0n) is 10.4. The first-order valence-electron chi connectivity index (χ1n) is 5.72. The van der Waals surface area contributed by atoms with Crippen molar-refractivity contribution in [3.05, 3.63) is 33.8 Å². The van der Waals surface area contributed by atoms with E-state index < -0.39 is 6.03 Å². The van der Waals surface area contributed by atoms with Gasteiger partial charge in [0.25, 0.3) is 0 Å². The van der Waals surface area contributed by atoms with Crippen LogP contribution in [0.5, 0.6) is 0 Å². The lowest BCUT2D eigenvalue weighted by Gasteiger charge is -2.12. The molecule has 1 aromatic rings. The molecule has 3 N–H and O–H groups in total. The lowest BCUT2D eigenvalue weighted by Crippen LogP contribution is -2.41. The van der Waals surface area contributed by atoms with E-state index in [0.29, 0.717) is 22.0 Å². The number of benzene rings is 1. The fraction of sp³-hybridized carbons (Fsp3) is 0.333. The number of rotatable bonds is 5. The highest BCUT2D eigenvalue weighted by Crippen LogP contribution is 2.21. The van der Waals surface area contributed by atoms with Crippen molar-refractivity contribution in [1.29, 1.82) is 0 Å². The number of carbonyl (C=O) groups is 1. The van der Waals surface area contributed by atoms with E-state index in [1.54, 1.807) is 18.2 Å². The predicted molar refractivity (Wildman–Crippen MR) is 76.9 cm³/mol. The van der Waals surface area contributed by atoms with Gasteiger partial charge in [-0.05, 0) is 24.1 Å². The van der Waals surface area contributed by atoms with Crippen LogP contribution in [0, 0.1) is 0 Å². The van der Waals surface area contributed by atoms with Crippen molar-refractivity contribution in [3.63, 3.8) is 0 Å². The van der Waals surface area contributed by atoms with Crippen LogP contribution in [0.1, 0.15) is 18.9 Å². The molecule has 0 aliphatic carbocycles. The molecular formula is C12H15Cl2N3O2. The fourth-order valence-corrected chi connectivity index (χ4v) is 1.56. The van der Waals surface area contributed by atoms with Gasteiger partial charge < -0.3 is 10.4 Å². The van der Waals surface area contributed by atoms with E-state index in [-0.39, 0.29) is 12.6 Å². The molecule has 0 aromatic heterocycles. The van der Waals surface area contributed by atoms with Gasteiger partial charge in [0.2, 0.25) is 0 Å². The number of nitrogens with zero attached hydrogens (tertiary/aromatic N) is 1. The second kappa shape index (κ2) is 7.99. The molecule has 0 spiro atoms. The Hall–Kier alpha value is -1.30. The Morgan fingerprint density at radius 1 is 1.47 bits per heavy atom. The number of nitrogens with one attached hydrogen (secondary N) is 2. The van der Waals surface area contributed by atoms with Gasteiger partial charge in [-0.25, -0.2) is 10.2 Å². The van der Waals surface area contributed by atoms with Gasteiger partial charge in [-0.3, -0.25) is 0 Å². The lowest BCUT2D eigenvalue weighted by atomic mass is 10.2. The minimum absolute atomic E-state index is 0.111. The summed E-state index contributed by atoms with van der Waals surface area (Å²) in [6.45, 7) is 1.75. The van der Waals surface area contributed by atoms with Gasteiger partial charge >= 0.3 is 6.03 Å².